The SMILES string of the molecule is COc1cc(-c2cc(-c3ccccc3)nc3sc(C(=O)c4ccc(Cl)cc4Cl)c(N)c23)cc(OC)c1OC. The number of nitrogens with two attached hydrogens (primary N) is 1. The van der Waals surface area contributed by atoms with Crippen LogP contribution < -0.4 is 19.9 Å². The van der Waals surface area contributed by atoms with Crippen molar-refractivity contribution in [1.29, 1.82) is 0 Å². The van der Waals surface area contributed by atoms with Crippen molar-refractivity contribution in [3.8, 4) is 39.6 Å². The molecule has 0 aliphatic carbocycles. The molecule has 0 aliphatic heterocycles. The summed E-state index contributed by atoms with van der Waals surface area (Å²) in [5.74, 6) is 1.15. The second-order valence-electron chi connectivity index (χ2n) is 8.31. The van der Waals surface area contributed by atoms with Gasteiger partial charge >= 0.3 is 0 Å². The number of halogens is 2. The van der Waals surface area contributed by atoms with Crippen molar-refractivity contribution in [3.63, 3.8) is 0 Å². The van der Waals surface area contributed by atoms with E-state index in [4.69, 9.17) is 48.1 Å². The van der Waals surface area contributed by atoms with Gasteiger partial charge in [-0.05, 0) is 47.5 Å². The summed E-state index contributed by atoms with van der Waals surface area (Å²) in [4.78, 5) is 19.4. The zero-order valence-electron chi connectivity index (χ0n) is 20.7. The van der Waals surface area contributed by atoms with E-state index in [-0.39, 0.29) is 10.8 Å². The first kappa shape index (κ1) is 25.9. The molecule has 0 bridgehead atoms. The molecule has 2 N–H and O–H groups in total. The number of anilines is 1. The lowest BCUT2D eigenvalue weighted by Crippen LogP contribution is -2.03. The van der Waals surface area contributed by atoms with Gasteiger partial charge in [-0.2, -0.15) is 0 Å². The Labute approximate surface area is 233 Å². The molecular weight excluding hydrogens is 543 g/mol. The number of rotatable bonds is 7. The molecule has 5 rings (SSSR count). The fraction of sp³-hybridized carbons (Fsp3) is 0.103. The molecule has 0 atom stereocenters. The van der Waals surface area contributed by atoms with E-state index in [0.717, 1.165) is 22.4 Å². The van der Waals surface area contributed by atoms with Crippen LogP contribution in [0.15, 0.2) is 66.7 Å². The van der Waals surface area contributed by atoms with E-state index in [1.54, 1.807) is 33.5 Å². The first-order valence-corrected chi connectivity index (χ1v) is 13.0. The fourth-order valence-electron chi connectivity index (χ4n) is 4.31. The molecule has 192 valence electrons. The lowest BCUT2D eigenvalue weighted by molar-refractivity contribution is 0.104. The van der Waals surface area contributed by atoms with Crippen molar-refractivity contribution >= 4 is 56.2 Å². The van der Waals surface area contributed by atoms with Crippen LogP contribution in [0.2, 0.25) is 10.0 Å². The maximum absolute atomic E-state index is 13.6. The van der Waals surface area contributed by atoms with Gasteiger partial charge in [0.15, 0.2) is 11.5 Å². The Morgan fingerprint density at radius 3 is 2.16 bits per heavy atom. The highest BCUT2D eigenvalue weighted by Gasteiger charge is 2.25. The summed E-state index contributed by atoms with van der Waals surface area (Å²) in [6.07, 6.45) is 0. The van der Waals surface area contributed by atoms with Gasteiger partial charge in [-0.15, -0.1) is 11.3 Å². The van der Waals surface area contributed by atoms with Crippen LogP contribution in [-0.2, 0) is 0 Å². The van der Waals surface area contributed by atoms with Crippen molar-refractivity contribution in [1.82, 2.24) is 4.98 Å². The van der Waals surface area contributed by atoms with Crippen molar-refractivity contribution < 1.29 is 19.0 Å². The number of carbonyl (C=O) groups is 1. The van der Waals surface area contributed by atoms with Crippen LogP contribution in [-0.4, -0.2) is 32.1 Å². The van der Waals surface area contributed by atoms with E-state index < -0.39 is 0 Å². The largest absolute Gasteiger partial charge is 0.493 e. The van der Waals surface area contributed by atoms with E-state index in [0.29, 0.717) is 48.6 Å². The molecule has 2 heterocycles. The van der Waals surface area contributed by atoms with Crippen LogP contribution in [0, 0.1) is 0 Å². The van der Waals surface area contributed by atoms with E-state index in [1.165, 1.54) is 17.4 Å². The van der Waals surface area contributed by atoms with Crippen LogP contribution >= 0.6 is 34.5 Å². The predicted octanol–water partition coefficient (Wildman–Crippen LogP) is 7.78. The quantitative estimate of drug-likeness (QED) is 0.203. The molecule has 0 aliphatic rings. The molecule has 3 aromatic carbocycles. The number of fused-ring (bicyclic) bond motifs is 1. The Kier molecular flexibility index (Phi) is 7.17. The molecule has 6 nitrogen and oxygen atoms in total. The average molecular weight is 565 g/mol. The van der Waals surface area contributed by atoms with Crippen LogP contribution in [0.4, 0.5) is 5.69 Å². The predicted molar refractivity (Wildman–Crippen MR) is 154 cm³/mol. The van der Waals surface area contributed by atoms with Crippen LogP contribution in [0.5, 0.6) is 17.2 Å². The number of hydrogen-bond donors (Lipinski definition) is 1. The molecule has 0 saturated carbocycles. The Balaban J connectivity index is 1.80. The van der Waals surface area contributed by atoms with Gasteiger partial charge in [-0.3, -0.25) is 4.79 Å². The number of methoxy groups -OCH3 is 3. The molecule has 5 aromatic rings. The number of carbonyl (C=O) groups excluding carboxylic acids is 1. The van der Waals surface area contributed by atoms with E-state index >= 15 is 0 Å². The molecule has 0 fully saturated rings. The summed E-state index contributed by atoms with van der Waals surface area (Å²) in [6, 6.07) is 20.2. The molecule has 0 unspecified atom stereocenters. The van der Waals surface area contributed by atoms with Gasteiger partial charge in [0, 0.05) is 21.5 Å². The fourth-order valence-corrected chi connectivity index (χ4v) is 5.87. The standard InChI is InChI=1S/C29H22Cl2N2O4S/c1-35-22-11-16(12-23(36-2)27(22)37-3)19-14-21(15-7-5-4-6-8-15)33-29-24(19)25(32)28(38-29)26(34)18-10-9-17(30)13-20(18)31/h4-14H,32H2,1-3H3. The monoisotopic (exact) mass is 564 g/mol. The van der Waals surface area contributed by atoms with Gasteiger partial charge in [0.25, 0.3) is 0 Å². The van der Waals surface area contributed by atoms with Gasteiger partial charge in [0.05, 0.1) is 37.7 Å². The van der Waals surface area contributed by atoms with E-state index in [9.17, 15) is 4.79 Å². The topological polar surface area (TPSA) is 83.7 Å². The number of benzene rings is 3. The van der Waals surface area contributed by atoms with Crippen LogP contribution in [0.25, 0.3) is 32.6 Å². The zero-order chi connectivity index (χ0) is 27.0. The Hall–Kier alpha value is -3.78. The number of nitrogen functional groups attached to an aromatic ring is 1. The van der Waals surface area contributed by atoms with Crippen molar-refractivity contribution in [3.05, 3.63) is 87.2 Å². The lowest BCUT2D eigenvalue weighted by Gasteiger charge is -2.15. The van der Waals surface area contributed by atoms with Gasteiger partial charge < -0.3 is 19.9 Å². The third-order valence-corrected chi connectivity index (χ3v) is 7.77. The second kappa shape index (κ2) is 10.5. The third kappa shape index (κ3) is 4.53. The summed E-state index contributed by atoms with van der Waals surface area (Å²) < 4.78 is 16.7. The molecule has 2 aromatic heterocycles. The second-order valence-corrected chi connectivity index (χ2v) is 10.2. The third-order valence-electron chi connectivity index (χ3n) is 6.13. The summed E-state index contributed by atoms with van der Waals surface area (Å²) >= 11 is 13.6. The number of thiophene rings is 1. The summed E-state index contributed by atoms with van der Waals surface area (Å²) in [5.41, 5.74) is 10.5. The minimum Gasteiger partial charge on any atom is -0.493 e. The highest BCUT2D eigenvalue weighted by Crippen LogP contribution is 2.46. The lowest BCUT2D eigenvalue weighted by atomic mass is 9.98. The molecular formula is C29H22Cl2N2O4S. The summed E-state index contributed by atoms with van der Waals surface area (Å²) in [6.45, 7) is 0. The maximum Gasteiger partial charge on any atom is 0.206 e. The number of ether oxygens (including phenoxy) is 3. The Bertz CT molecular complexity index is 1660. The summed E-state index contributed by atoms with van der Waals surface area (Å²) in [7, 11) is 4.67. The zero-order valence-corrected chi connectivity index (χ0v) is 23.0. The first-order chi connectivity index (χ1) is 18.4. The van der Waals surface area contributed by atoms with Crippen molar-refractivity contribution in [2.45, 2.75) is 0 Å². The van der Waals surface area contributed by atoms with Gasteiger partial charge in [0.2, 0.25) is 11.5 Å². The minimum atomic E-state index is -0.302. The molecule has 0 spiro atoms. The first-order valence-electron chi connectivity index (χ1n) is 11.4. The smallest absolute Gasteiger partial charge is 0.206 e. The molecule has 0 amide bonds. The Morgan fingerprint density at radius 2 is 1.55 bits per heavy atom. The summed E-state index contributed by atoms with van der Waals surface area (Å²) in [5, 5.41) is 1.34. The highest BCUT2D eigenvalue weighted by molar-refractivity contribution is 7.21. The maximum atomic E-state index is 13.6. The number of ketones is 1. The normalized spacial score (nSPS) is 11.0. The number of pyridine rings is 1. The number of nitrogens with zero attached hydrogens (tertiary/aromatic N) is 1. The van der Waals surface area contributed by atoms with E-state index in [1.807, 2.05) is 48.5 Å². The van der Waals surface area contributed by atoms with Gasteiger partial charge in [0.1, 0.15) is 9.71 Å². The molecule has 0 radical (unpaired) electrons. The van der Waals surface area contributed by atoms with Crippen LogP contribution in [0.3, 0.4) is 0 Å². The minimum absolute atomic E-state index is 0.252. The van der Waals surface area contributed by atoms with E-state index in [2.05, 4.69) is 0 Å². The average Bonchev–Trinajstić information content (AvgIpc) is 3.28. The highest BCUT2D eigenvalue weighted by atomic mass is 35.5. The molecule has 9 heteroatoms. The van der Waals surface area contributed by atoms with Crippen LogP contribution in [0.1, 0.15) is 15.2 Å². The van der Waals surface area contributed by atoms with Crippen molar-refractivity contribution in [2.75, 3.05) is 27.1 Å². The van der Waals surface area contributed by atoms with Crippen molar-refractivity contribution in [2.24, 2.45) is 0 Å². The Morgan fingerprint density at radius 1 is 0.868 bits per heavy atom. The molecule has 0 saturated heterocycles. The van der Waals surface area contributed by atoms with Gasteiger partial charge in [-0.25, -0.2) is 4.98 Å². The number of aromatic nitrogens is 1. The number of hydrogen-bond acceptors (Lipinski definition) is 7. The van der Waals surface area contributed by atoms with Gasteiger partial charge in [-0.1, -0.05) is 53.5 Å². The molecule has 38 heavy (non-hydrogen) atoms.